The lowest BCUT2D eigenvalue weighted by Gasteiger charge is -2.19. The molecule has 0 spiro atoms. The highest BCUT2D eigenvalue weighted by Gasteiger charge is 2.28. The van der Waals surface area contributed by atoms with E-state index in [2.05, 4.69) is 10.6 Å². The molecule has 1 amide bonds. The van der Waals surface area contributed by atoms with Gasteiger partial charge in [-0.25, -0.2) is 0 Å². The van der Waals surface area contributed by atoms with E-state index < -0.39 is 0 Å². The summed E-state index contributed by atoms with van der Waals surface area (Å²) in [7, 11) is 3.26. The molecule has 5 heteroatoms. The van der Waals surface area contributed by atoms with Crippen molar-refractivity contribution in [1.29, 1.82) is 0 Å². The first-order valence-electron chi connectivity index (χ1n) is 9.01. The van der Waals surface area contributed by atoms with Crippen molar-refractivity contribution in [1.82, 2.24) is 10.6 Å². The summed E-state index contributed by atoms with van der Waals surface area (Å²) in [6, 6.07) is 15.8. The zero-order chi connectivity index (χ0) is 18.4. The smallest absolute Gasteiger partial charge is 0.241 e. The minimum absolute atomic E-state index is 0.0472. The fourth-order valence-electron chi connectivity index (χ4n) is 2.92. The van der Waals surface area contributed by atoms with Gasteiger partial charge in [-0.1, -0.05) is 36.4 Å². The fourth-order valence-corrected chi connectivity index (χ4v) is 2.92. The van der Waals surface area contributed by atoms with Crippen molar-refractivity contribution in [3.8, 4) is 11.5 Å². The van der Waals surface area contributed by atoms with Gasteiger partial charge in [-0.3, -0.25) is 4.79 Å². The van der Waals surface area contributed by atoms with Gasteiger partial charge in [0.15, 0.2) is 11.5 Å². The molecule has 3 rings (SSSR count). The second kappa shape index (κ2) is 8.72. The quantitative estimate of drug-likeness (QED) is 0.727. The Balaban J connectivity index is 1.63. The first kappa shape index (κ1) is 18.3. The first-order chi connectivity index (χ1) is 12.7. The van der Waals surface area contributed by atoms with Crippen LogP contribution in [0.4, 0.5) is 0 Å². The summed E-state index contributed by atoms with van der Waals surface area (Å²) in [6.07, 6.45) is 2.96. The number of rotatable bonds is 9. The maximum Gasteiger partial charge on any atom is 0.241 e. The number of benzene rings is 2. The van der Waals surface area contributed by atoms with Crippen molar-refractivity contribution >= 4 is 5.91 Å². The Morgan fingerprint density at radius 1 is 1.08 bits per heavy atom. The van der Waals surface area contributed by atoms with E-state index in [0.29, 0.717) is 12.6 Å². The van der Waals surface area contributed by atoms with E-state index in [0.717, 1.165) is 41.9 Å². The van der Waals surface area contributed by atoms with Crippen molar-refractivity contribution in [3.05, 3.63) is 59.7 Å². The van der Waals surface area contributed by atoms with E-state index in [4.69, 9.17) is 9.47 Å². The molecule has 1 aliphatic rings. The average molecular weight is 354 g/mol. The molecule has 0 radical (unpaired) electrons. The van der Waals surface area contributed by atoms with E-state index in [-0.39, 0.29) is 11.9 Å². The van der Waals surface area contributed by atoms with Crippen LogP contribution in [0.5, 0.6) is 11.5 Å². The van der Waals surface area contributed by atoms with Crippen LogP contribution in [-0.4, -0.2) is 32.7 Å². The molecule has 0 aliphatic heterocycles. The van der Waals surface area contributed by atoms with Crippen molar-refractivity contribution in [2.24, 2.45) is 0 Å². The van der Waals surface area contributed by atoms with Crippen molar-refractivity contribution in [3.63, 3.8) is 0 Å². The standard InChI is InChI=1S/C21H26N2O3/c1-25-18-11-8-15(14-19(18)26-2)12-13-22-20(16-6-4-3-5-7-16)21(24)23-17-9-10-17/h3-8,11,14,17,20,22H,9-10,12-13H2,1-2H3,(H,23,24)/t20-/m0/s1. The van der Waals surface area contributed by atoms with Gasteiger partial charge in [0.2, 0.25) is 5.91 Å². The summed E-state index contributed by atoms with van der Waals surface area (Å²) in [6.45, 7) is 0.688. The third kappa shape index (κ3) is 4.76. The average Bonchev–Trinajstić information content (AvgIpc) is 3.49. The van der Waals surface area contributed by atoms with Crippen LogP contribution in [0.25, 0.3) is 0 Å². The van der Waals surface area contributed by atoms with Crippen LogP contribution >= 0.6 is 0 Å². The molecular formula is C21H26N2O3. The van der Waals surface area contributed by atoms with Gasteiger partial charge in [0, 0.05) is 12.6 Å². The van der Waals surface area contributed by atoms with Gasteiger partial charge in [0.25, 0.3) is 0 Å². The number of nitrogens with one attached hydrogen (secondary N) is 2. The summed E-state index contributed by atoms with van der Waals surface area (Å²) in [5, 5.41) is 6.50. The molecule has 1 saturated carbocycles. The summed E-state index contributed by atoms with van der Waals surface area (Å²) in [4.78, 5) is 12.6. The molecule has 0 bridgehead atoms. The summed E-state index contributed by atoms with van der Waals surface area (Å²) in [5.74, 6) is 1.48. The van der Waals surface area contributed by atoms with Gasteiger partial charge in [0.1, 0.15) is 6.04 Å². The molecule has 26 heavy (non-hydrogen) atoms. The molecule has 138 valence electrons. The van der Waals surface area contributed by atoms with E-state index in [1.54, 1.807) is 14.2 Å². The van der Waals surface area contributed by atoms with Crippen LogP contribution in [0.3, 0.4) is 0 Å². The highest BCUT2D eigenvalue weighted by atomic mass is 16.5. The Bertz CT molecular complexity index is 729. The summed E-state index contributed by atoms with van der Waals surface area (Å²) >= 11 is 0. The number of hydrogen-bond acceptors (Lipinski definition) is 4. The van der Waals surface area contributed by atoms with Crippen LogP contribution < -0.4 is 20.1 Å². The lowest BCUT2D eigenvalue weighted by molar-refractivity contribution is -0.123. The maximum atomic E-state index is 12.6. The molecule has 2 aromatic carbocycles. The second-order valence-electron chi connectivity index (χ2n) is 6.52. The van der Waals surface area contributed by atoms with Gasteiger partial charge in [-0.05, 0) is 42.5 Å². The number of ether oxygens (including phenoxy) is 2. The third-order valence-electron chi connectivity index (χ3n) is 4.53. The lowest BCUT2D eigenvalue weighted by atomic mass is 10.1. The topological polar surface area (TPSA) is 59.6 Å². The highest BCUT2D eigenvalue weighted by molar-refractivity contribution is 5.83. The zero-order valence-electron chi connectivity index (χ0n) is 15.3. The molecule has 2 aromatic rings. The summed E-state index contributed by atoms with van der Waals surface area (Å²) in [5.41, 5.74) is 2.11. The van der Waals surface area contributed by atoms with E-state index in [9.17, 15) is 4.79 Å². The number of hydrogen-bond donors (Lipinski definition) is 2. The number of carbonyl (C=O) groups excluding carboxylic acids is 1. The normalized spacial score (nSPS) is 14.5. The van der Waals surface area contributed by atoms with Crippen LogP contribution in [0.2, 0.25) is 0 Å². The second-order valence-corrected chi connectivity index (χ2v) is 6.52. The molecule has 0 aromatic heterocycles. The van der Waals surface area contributed by atoms with Crippen LogP contribution in [0, 0.1) is 0 Å². The van der Waals surface area contributed by atoms with Crippen LogP contribution in [0.15, 0.2) is 48.5 Å². The molecule has 1 fully saturated rings. The molecular weight excluding hydrogens is 328 g/mol. The maximum absolute atomic E-state index is 12.6. The molecule has 0 saturated heterocycles. The van der Waals surface area contributed by atoms with Gasteiger partial charge < -0.3 is 20.1 Å². The largest absolute Gasteiger partial charge is 0.493 e. The zero-order valence-corrected chi connectivity index (χ0v) is 15.3. The molecule has 1 atom stereocenters. The number of amides is 1. The molecule has 0 heterocycles. The van der Waals surface area contributed by atoms with Gasteiger partial charge >= 0.3 is 0 Å². The molecule has 1 aliphatic carbocycles. The molecule has 2 N–H and O–H groups in total. The monoisotopic (exact) mass is 354 g/mol. The highest BCUT2D eigenvalue weighted by Crippen LogP contribution is 2.27. The van der Waals surface area contributed by atoms with E-state index in [1.807, 2.05) is 48.5 Å². The summed E-state index contributed by atoms with van der Waals surface area (Å²) < 4.78 is 10.6. The minimum atomic E-state index is -0.336. The Morgan fingerprint density at radius 3 is 2.46 bits per heavy atom. The third-order valence-corrected chi connectivity index (χ3v) is 4.53. The van der Waals surface area contributed by atoms with Crippen molar-refractivity contribution in [2.75, 3.05) is 20.8 Å². The predicted molar refractivity (Wildman–Crippen MR) is 102 cm³/mol. The van der Waals surface area contributed by atoms with Gasteiger partial charge in [-0.15, -0.1) is 0 Å². The van der Waals surface area contributed by atoms with Gasteiger partial charge in [0.05, 0.1) is 14.2 Å². The van der Waals surface area contributed by atoms with Crippen molar-refractivity contribution < 1.29 is 14.3 Å². The lowest BCUT2D eigenvalue weighted by Crippen LogP contribution is -2.39. The fraction of sp³-hybridized carbons (Fsp3) is 0.381. The van der Waals surface area contributed by atoms with Crippen LogP contribution in [-0.2, 0) is 11.2 Å². The van der Waals surface area contributed by atoms with Crippen molar-refractivity contribution in [2.45, 2.75) is 31.3 Å². The Hall–Kier alpha value is -2.53. The molecule has 0 unspecified atom stereocenters. The Labute approximate surface area is 154 Å². The SMILES string of the molecule is COc1ccc(CCN[C@H](C(=O)NC2CC2)c2ccccc2)cc1OC. The van der Waals surface area contributed by atoms with Gasteiger partial charge in [-0.2, -0.15) is 0 Å². The van der Waals surface area contributed by atoms with E-state index in [1.165, 1.54) is 0 Å². The van der Waals surface area contributed by atoms with E-state index >= 15 is 0 Å². The Kier molecular flexibility index (Phi) is 6.12. The Morgan fingerprint density at radius 2 is 1.81 bits per heavy atom. The first-order valence-corrected chi connectivity index (χ1v) is 9.01. The minimum Gasteiger partial charge on any atom is -0.493 e. The molecule has 5 nitrogen and oxygen atoms in total. The number of methoxy groups -OCH3 is 2. The number of carbonyl (C=O) groups is 1. The predicted octanol–water partition coefficient (Wildman–Crippen LogP) is 2.86. The van der Waals surface area contributed by atoms with Crippen LogP contribution in [0.1, 0.15) is 30.0 Å².